The van der Waals surface area contributed by atoms with Crippen LogP contribution in [0.3, 0.4) is 0 Å². The molecule has 36 heavy (non-hydrogen) atoms. The molecule has 10 heteroatoms. The van der Waals surface area contributed by atoms with Crippen molar-refractivity contribution in [1.82, 2.24) is 0 Å². The number of hydrogen-bond donors (Lipinski definition) is 2. The first-order valence-corrected chi connectivity index (χ1v) is 10.6. The lowest BCUT2D eigenvalue weighted by molar-refractivity contribution is 0.324. The fourth-order valence-corrected chi connectivity index (χ4v) is 3.61. The van der Waals surface area contributed by atoms with Crippen LogP contribution in [0.2, 0.25) is 0 Å². The largest absolute Gasteiger partial charge is 0.493 e. The van der Waals surface area contributed by atoms with Gasteiger partial charge in [-0.2, -0.15) is 10.5 Å². The van der Waals surface area contributed by atoms with Crippen LogP contribution in [-0.2, 0) is 0 Å². The molecule has 3 aromatic carbocycles. The van der Waals surface area contributed by atoms with Crippen molar-refractivity contribution in [2.24, 2.45) is 0 Å². The molecule has 0 atom stereocenters. The van der Waals surface area contributed by atoms with Gasteiger partial charge in [-0.15, -0.1) is 0 Å². The molecule has 0 spiro atoms. The number of anilines is 4. The third kappa shape index (κ3) is 5.08. The van der Waals surface area contributed by atoms with Gasteiger partial charge in [0.25, 0.3) is 0 Å². The van der Waals surface area contributed by atoms with Crippen LogP contribution in [0, 0.1) is 22.7 Å². The molecule has 0 saturated heterocycles. The van der Waals surface area contributed by atoms with Gasteiger partial charge in [0.05, 0.1) is 65.2 Å². The first-order valence-electron chi connectivity index (χ1n) is 10.6. The van der Waals surface area contributed by atoms with Crippen molar-refractivity contribution in [3.8, 4) is 46.6 Å². The van der Waals surface area contributed by atoms with Crippen molar-refractivity contribution in [3.05, 3.63) is 47.5 Å². The molecule has 0 amide bonds. The molecule has 0 aliphatic carbocycles. The van der Waals surface area contributed by atoms with Gasteiger partial charge < -0.3 is 39.1 Å². The van der Waals surface area contributed by atoms with Crippen LogP contribution in [0.4, 0.5) is 22.7 Å². The van der Waals surface area contributed by atoms with Gasteiger partial charge in [-0.05, 0) is 12.1 Å². The van der Waals surface area contributed by atoms with Crippen LogP contribution >= 0.6 is 0 Å². The number of nitriles is 2. The minimum Gasteiger partial charge on any atom is -0.493 e. The maximum Gasteiger partial charge on any atom is 0.203 e. The Bertz CT molecular complexity index is 1190. The summed E-state index contributed by atoms with van der Waals surface area (Å²) in [7, 11) is 9.08. The highest BCUT2D eigenvalue weighted by Gasteiger charge is 2.17. The molecule has 0 bridgehead atoms. The van der Waals surface area contributed by atoms with Crippen molar-refractivity contribution in [1.29, 1.82) is 10.5 Å². The molecule has 0 aromatic heterocycles. The first kappa shape index (κ1) is 25.7. The Morgan fingerprint density at radius 3 is 1.03 bits per heavy atom. The number of hydrogen-bond acceptors (Lipinski definition) is 10. The summed E-state index contributed by atoms with van der Waals surface area (Å²) in [6.45, 7) is 0. The molecule has 0 heterocycles. The summed E-state index contributed by atoms with van der Waals surface area (Å²) < 4.78 is 32.3. The Morgan fingerprint density at radius 2 is 0.806 bits per heavy atom. The van der Waals surface area contributed by atoms with Gasteiger partial charge in [0.15, 0.2) is 23.0 Å². The highest BCUT2D eigenvalue weighted by molar-refractivity contribution is 5.79. The van der Waals surface area contributed by atoms with E-state index in [9.17, 15) is 10.5 Å². The highest BCUT2D eigenvalue weighted by Crippen LogP contribution is 2.43. The van der Waals surface area contributed by atoms with E-state index in [1.54, 1.807) is 36.4 Å². The summed E-state index contributed by atoms with van der Waals surface area (Å²) in [6.07, 6.45) is 0. The van der Waals surface area contributed by atoms with E-state index >= 15 is 0 Å². The van der Waals surface area contributed by atoms with Gasteiger partial charge in [-0.25, -0.2) is 0 Å². The van der Waals surface area contributed by atoms with Crippen molar-refractivity contribution >= 4 is 22.7 Å². The zero-order valence-electron chi connectivity index (χ0n) is 20.8. The Hall–Kier alpha value is -4.96. The molecule has 0 unspecified atom stereocenters. The summed E-state index contributed by atoms with van der Waals surface area (Å²) in [5.41, 5.74) is 2.62. The second-order valence-corrected chi connectivity index (χ2v) is 7.25. The van der Waals surface area contributed by atoms with Crippen LogP contribution < -0.4 is 39.1 Å². The van der Waals surface area contributed by atoms with Crippen molar-refractivity contribution in [2.45, 2.75) is 0 Å². The summed E-state index contributed by atoms with van der Waals surface area (Å²) in [5.74, 6) is 2.65. The normalized spacial score (nSPS) is 9.89. The third-order valence-corrected chi connectivity index (χ3v) is 5.29. The number of nitrogens with one attached hydrogen (secondary N) is 2. The number of methoxy groups -OCH3 is 6. The molecule has 3 rings (SSSR count). The highest BCUT2D eigenvalue weighted by atomic mass is 16.5. The standard InChI is InChI=1S/C26H26N4O6/c1-31-21-9-17(10-22(32-2)25(21)35-5)29-19-7-16(14-28)20(8-15(19)13-27)30-18-11-23(33-3)26(36-6)24(12-18)34-4/h7-12,29-30H,1-6H3. The van der Waals surface area contributed by atoms with E-state index in [-0.39, 0.29) is 0 Å². The zero-order valence-corrected chi connectivity index (χ0v) is 20.8. The maximum absolute atomic E-state index is 9.84. The SMILES string of the molecule is COc1cc(Nc2cc(C#N)c(Nc3cc(OC)c(OC)c(OC)c3)cc2C#N)cc(OC)c1OC. The first-order chi connectivity index (χ1) is 17.5. The quantitative estimate of drug-likeness (QED) is 0.402. The van der Waals surface area contributed by atoms with Gasteiger partial charge in [0.1, 0.15) is 12.1 Å². The summed E-state index contributed by atoms with van der Waals surface area (Å²) in [5, 5.41) is 26.0. The van der Waals surface area contributed by atoms with Gasteiger partial charge in [0, 0.05) is 35.6 Å². The summed E-state index contributed by atoms with van der Waals surface area (Å²) in [6, 6.07) is 14.3. The lowest BCUT2D eigenvalue weighted by Gasteiger charge is -2.18. The second kappa shape index (κ2) is 11.4. The van der Waals surface area contributed by atoms with E-state index in [2.05, 4.69) is 22.8 Å². The minimum atomic E-state index is 0.303. The van der Waals surface area contributed by atoms with Crippen molar-refractivity contribution < 1.29 is 28.4 Å². The molecule has 0 aliphatic heterocycles. The molecule has 186 valence electrons. The average Bonchev–Trinajstić information content (AvgIpc) is 2.91. The minimum absolute atomic E-state index is 0.303. The Kier molecular flexibility index (Phi) is 8.16. The van der Waals surface area contributed by atoms with Crippen LogP contribution in [0.5, 0.6) is 34.5 Å². The average molecular weight is 491 g/mol. The number of benzene rings is 3. The molecule has 3 aromatic rings. The number of nitrogens with zero attached hydrogens (tertiary/aromatic N) is 2. The Morgan fingerprint density at radius 1 is 0.500 bits per heavy atom. The Labute approximate surface area is 209 Å². The van der Waals surface area contributed by atoms with Gasteiger partial charge >= 0.3 is 0 Å². The molecule has 0 radical (unpaired) electrons. The van der Waals surface area contributed by atoms with Gasteiger partial charge in [-0.3, -0.25) is 0 Å². The maximum atomic E-state index is 9.84. The van der Waals surface area contributed by atoms with Crippen LogP contribution in [-0.4, -0.2) is 42.7 Å². The summed E-state index contributed by atoms with van der Waals surface area (Å²) in [4.78, 5) is 0. The van der Waals surface area contributed by atoms with Crippen LogP contribution in [0.15, 0.2) is 36.4 Å². The predicted molar refractivity (Wildman–Crippen MR) is 135 cm³/mol. The Balaban J connectivity index is 2.03. The molecule has 0 fully saturated rings. The van der Waals surface area contributed by atoms with E-state index in [4.69, 9.17) is 28.4 Å². The molecule has 0 aliphatic rings. The van der Waals surface area contributed by atoms with Crippen LogP contribution in [0.25, 0.3) is 0 Å². The topological polar surface area (TPSA) is 127 Å². The van der Waals surface area contributed by atoms with E-state index in [1.165, 1.54) is 42.7 Å². The number of rotatable bonds is 10. The fraction of sp³-hybridized carbons (Fsp3) is 0.231. The van der Waals surface area contributed by atoms with E-state index in [0.717, 1.165) is 0 Å². The van der Waals surface area contributed by atoms with Crippen LogP contribution in [0.1, 0.15) is 11.1 Å². The van der Waals surface area contributed by atoms with Crippen molar-refractivity contribution in [3.63, 3.8) is 0 Å². The van der Waals surface area contributed by atoms with Crippen molar-refractivity contribution in [2.75, 3.05) is 53.3 Å². The third-order valence-electron chi connectivity index (χ3n) is 5.29. The molecule has 10 nitrogen and oxygen atoms in total. The molecule has 0 saturated carbocycles. The molecular formula is C26H26N4O6. The lowest BCUT2D eigenvalue weighted by atomic mass is 10.1. The molecule has 2 N–H and O–H groups in total. The monoisotopic (exact) mass is 490 g/mol. The van der Waals surface area contributed by atoms with Gasteiger partial charge in [0.2, 0.25) is 11.5 Å². The lowest BCUT2D eigenvalue weighted by Crippen LogP contribution is -2.02. The summed E-state index contributed by atoms with van der Waals surface area (Å²) >= 11 is 0. The molecular weight excluding hydrogens is 464 g/mol. The second-order valence-electron chi connectivity index (χ2n) is 7.25. The zero-order chi connectivity index (χ0) is 26.2. The number of ether oxygens (including phenoxy) is 6. The van der Waals surface area contributed by atoms with Gasteiger partial charge in [-0.1, -0.05) is 0 Å². The fourth-order valence-electron chi connectivity index (χ4n) is 3.61. The van der Waals surface area contributed by atoms with E-state index < -0.39 is 0 Å². The van der Waals surface area contributed by atoms with E-state index in [1.807, 2.05) is 0 Å². The smallest absolute Gasteiger partial charge is 0.203 e. The predicted octanol–water partition coefficient (Wildman–Crippen LogP) is 4.97. The van der Waals surface area contributed by atoms with E-state index in [0.29, 0.717) is 68.4 Å².